The molecule has 0 saturated carbocycles. The molecule has 0 bridgehead atoms. The molecule has 0 aliphatic carbocycles. The number of rotatable bonds is 8. The van der Waals surface area contributed by atoms with Gasteiger partial charge in [0.05, 0.1) is 12.2 Å². The summed E-state index contributed by atoms with van der Waals surface area (Å²) >= 11 is 0. The van der Waals surface area contributed by atoms with Crippen LogP contribution >= 0.6 is 0 Å². The Hall–Kier alpha value is -3.72. The predicted octanol–water partition coefficient (Wildman–Crippen LogP) is 3.58. The molecular formula is C20H20N2O7. The molecule has 3 rings (SSSR count). The molecule has 0 radical (unpaired) electrons. The molecule has 9 heteroatoms. The van der Waals surface area contributed by atoms with E-state index in [-0.39, 0.29) is 41.9 Å². The van der Waals surface area contributed by atoms with E-state index in [1.807, 2.05) is 0 Å². The van der Waals surface area contributed by atoms with Crippen LogP contribution in [-0.4, -0.2) is 36.7 Å². The van der Waals surface area contributed by atoms with E-state index < -0.39 is 5.97 Å². The Morgan fingerprint density at radius 3 is 2.62 bits per heavy atom. The molecule has 3 aromatic rings. The van der Waals surface area contributed by atoms with Crippen molar-refractivity contribution in [3.05, 3.63) is 48.2 Å². The number of aromatic nitrogens is 1. The second-order valence-corrected chi connectivity index (χ2v) is 5.83. The van der Waals surface area contributed by atoms with Gasteiger partial charge in [0, 0.05) is 31.0 Å². The fourth-order valence-corrected chi connectivity index (χ4v) is 2.48. The average molecular weight is 400 g/mol. The van der Waals surface area contributed by atoms with Crippen LogP contribution in [0.4, 0.5) is 5.69 Å². The van der Waals surface area contributed by atoms with Crippen LogP contribution in [0.5, 0.6) is 23.0 Å². The van der Waals surface area contributed by atoms with Crippen molar-refractivity contribution in [1.29, 1.82) is 0 Å². The Morgan fingerprint density at radius 2 is 1.93 bits per heavy atom. The molecule has 0 saturated heterocycles. The third-order valence-electron chi connectivity index (χ3n) is 3.75. The van der Waals surface area contributed by atoms with Crippen LogP contribution in [-0.2, 0) is 9.47 Å². The first-order valence-corrected chi connectivity index (χ1v) is 8.68. The highest BCUT2D eigenvalue weighted by Gasteiger charge is 2.22. The monoisotopic (exact) mass is 400 g/mol. The van der Waals surface area contributed by atoms with Crippen molar-refractivity contribution < 1.29 is 33.4 Å². The van der Waals surface area contributed by atoms with Gasteiger partial charge in [-0.15, -0.1) is 0 Å². The standard InChI is InChI=1S/C20H20N2O7/c1-3-26-20(24)18-10-15(22-29-18)19-16(23)8-14(27-11-25-2)9-17(19)28-13-6-4-12(21)5-7-13/h4-10,23H,3,11,21H2,1-2H3. The smallest absolute Gasteiger partial charge is 0.377 e. The minimum Gasteiger partial charge on any atom is -0.507 e. The van der Waals surface area contributed by atoms with Crippen LogP contribution in [0, 0.1) is 0 Å². The van der Waals surface area contributed by atoms with Crippen LogP contribution < -0.4 is 15.2 Å². The summed E-state index contributed by atoms with van der Waals surface area (Å²) in [4.78, 5) is 11.9. The maximum Gasteiger partial charge on any atom is 0.377 e. The summed E-state index contributed by atoms with van der Waals surface area (Å²) in [6, 6.07) is 11.0. The lowest BCUT2D eigenvalue weighted by Gasteiger charge is -2.14. The maximum absolute atomic E-state index is 11.9. The quantitative estimate of drug-likeness (QED) is 0.331. The SMILES string of the molecule is CCOC(=O)c1cc(-c2c(O)cc(OCOC)cc2Oc2ccc(N)cc2)no1. The number of aromatic hydroxyl groups is 1. The highest BCUT2D eigenvalue weighted by atomic mass is 16.7. The van der Waals surface area contributed by atoms with Gasteiger partial charge in [-0.05, 0) is 31.2 Å². The molecule has 0 unspecified atom stereocenters. The Labute approximate surface area is 166 Å². The molecule has 0 spiro atoms. The van der Waals surface area contributed by atoms with E-state index in [2.05, 4.69) is 5.16 Å². The Balaban J connectivity index is 2.02. The number of nitrogen functional groups attached to an aromatic ring is 1. The van der Waals surface area contributed by atoms with Crippen LogP contribution in [0.2, 0.25) is 0 Å². The molecule has 1 heterocycles. The van der Waals surface area contributed by atoms with Crippen molar-refractivity contribution in [2.24, 2.45) is 0 Å². The van der Waals surface area contributed by atoms with Gasteiger partial charge in [-0.1, -0.05) is 5.16 Å². The number of esters is 1. The molecule has 0 aliphatic rings. The van der Waals surface area contributed by atoms with Crippen LogP contribution in [0.1, 0.15) is 17.5 Å². The Morgan fingerprint density at radius 1 is 1.17 bits per heavy atom. The number of anilines is 1. The normalized spacial score (nSPS) is 10.6. The molecule has 29 heavy (non-hydrogen) atoms. The van der Waals surface area contributed by atoms with Gasteiger partial charge < -0.3 is 34.3 Å². The molecule has 152 valence electrons. The van der Waals surface area contributed by atoms with E-state index in [4.69, 9.17) is 29.2 Å². The second kappa shape index (κ2) is 8.98. The molecule has 2 aromatic carbocycles. The Bertz CT molecular complexity index is 983. The van der Waals surface area contributed by atoms with E-state index in [1.54, 1.807) is 37.3 Å². The van der Waals surface area contributed by atoms with Gasteiger partial charge in [0.1, 0.15) is 28.7 Å². The van der Waals surface area contributed by atoms with Crippen molar-refractivity contribution in [1.82, 2.24) is 5.16 Å². The number of carbonyl (C=O) groups excluding carboxylic acids is 1. The number of phenolic OH excluding ortho intramolecular Hbond substituents is 1. The first-order valence-electron chi connectivity index (χ1n) is 8.68. The largest absolute Gasteiger partial charge is 0.507 e. The zero-order chi connectivity index (χ0) is 20.8. The molecule has 3 N–H and O–H groups in total. The summed E-state index contributed by atoms with van der Waals surface area (Å²) in [6.07, 6.45) is 0. The Kier molecular flexibility index (Phi) is 6.20. The molecule has 0 amide bonds. The van der Waals surface area contributed by atoms with Crippen molar-refractivity contribution >= 4 is 11.7 Å². The summed E-state index contributed by atoms with van der Waals surface area (Å²) in [5.41, 5.74) is 6.68. The highest BCUT2D eigenvalue weighted by molar-refractivity contribution is 5.88. The van der Waals surface area contributed by atoms with Crippen molar-refractivity contribution in [2.75, 3.05) is 26.2 Å². The summed E-state index contributed by atoms with van der Waals surface area (Å²) in [7, 11) is 1.48. The zero-order valence-corrected chi connectivity index (χ0v) is 15.9. The van der Waals surface area contributed by atoms with Crippen LogP contribution in [0.15, 0.2) is 47.0 Å². The predicted molar refractivity (Wildman–Crippen MR) is 103 cm³/mol. The average Bonchev–Trinajstić information content (AvgIpc) is 3.18. The molecule has 0 atom stereocenters. The molecule has 9 nitrogen and oxygen atoms in total. The van der Waals surface area contributed by atoms with Gasteiger partial charge in [-0.25, -0.2) is 4.79 Å². The maximum atomic E-state index is 11.9. The third kappa shape index (κ3) is 4.77. The van der Waals surface area contributed by atoms with Gasteiger partial charge in [0.15, 0.2) is 6.79 Å². The first-order chi connectivity index (χ1) is 14.0. The summed E-state index contributed by atoms with van der Waals surface area (Å²) in [5, 5.41) is 14.4. The fraction of sp³-hybridized carbons (Fsp3) is 0.200. The lowest BCUT2D eigenvalue weighted by Crippen LogP contribution is -2.02. The number of ether oxygens (including phenoxy) is 4. The number of methoxy groups -OCH3 is 1. The number of hydrogen-bond donors (Lipinski definition) is 2. The van der Waals surface area contributed by atoms with Gasteiger partial charge >= 0.3 is 5.97 Å². The van der Waals surface area contributed by atoms with Gasteiger partial charge in [-0.3, -0.25) is 0 Å². The van der Waals surface area contributed by atoms with Crippen molar-refractivity contribution in [3.63, 3.8) is 0 Å². The summed E-state index contributed by atoms with van der Waals surface area (Å²) in [6.45, 7) is 1.85. The van der Waals surface area contributed by atoms with Crippen molar-refractivity contribution in [2.45, 2.75) is 6.92 Å². The van der Waals surface area contributed by atoms with E-state index >= 15 is 0 Å². The number of phenols is 1. The van der Waals surface area contributed by atoms with Crippen LogP contribution in [0.25, 0.3) is 11.3 Å². The van der Waals surface area contributed by atoms with Gasteiger partial charge in [-0.2, -0.15) is 0 Å². The molecule has 0 fully saturated rings. The lowest BCUT2D eigenvalue weighted by molar-refractivity contribution is 0.0479. The highest BCUT2D eigenvalue weighted by Crippen LogP contribution is 2.43. The number of nitrogens with two attached hydrogens (primary N) is 1. The zero-order valence-electron chi connectivity index (χ0n) is 15.9. The fourth-order valence-electron chi connectivity index (χ4n) is 2.48. The van der Waals surface area contributed by atoms with E-state index in [9.17, 15) is 9.90 Å². The third-order valence-corrected chi connectivity index (χ3v) is 3.75. The topological polar surface area (TPSA) is 126 Å². The van der Waals surface area contributed by atoms with E-state index in [0.29, 0.717) is 17.2 Å². The van der Waals surface area contributed by atoms with Gasteiger partial charge in [0.2, 0.25) is 5.76 Å². The van der Waals surface area contributed by atoms with Gasteiger partial charge in [0.25, 0.3) is 0 Å². The second-order valence-electron chi connectivity index (χ2n) is 5.83. The number of nitrogens with zero attached hydrogens (tertiary/aromatic N) is 1. The number of carbonyl (C=O) groups is 1. The summed E-state index contributed by atoms with van der Waals surface area (Å²) in [5.74, 6) is 0.0639. The minimum absolute atomic E-state index is 0.0168. The lowest BCUT2D eigenvalue weighted by atomic mass is 10.1. The molecular weight excluding hydrogens is 380 g/mol. The number of benzene rings is 2. The minimum atomic E-state index is -0.660. The van der Waals surface area contributed by atoms with Crippen LogP contribution in [0.3, 0.4) is 0 Å². The van der Waals surface area contributed by atoms with E-state index in [1.165, 1.54) is 19.2 Å². The first kappa shape index (κ1) is 20.0. The number of hydrogen-bond acceptors (Lipinski definition) is 9. The molecule has 0 aliphatic heterocycles. The van der Waals surface area contributed by atoms with Crippen molar-refractivity contribution in [3.8, 4) is 34.3 Å². The molecule has 1 aromatic heterocycles. The van der Waals surface area contributed by atoms with E-state index in [0.717, 1.165) is 0 Å². The summed E-state index contributed by atoms with van der Waals surface area (Å²) < 4.78 is 26.1.